The maximum absolute atomic E-state index is 13.8. The van der Waals surface area contributed by atoms with Crippen LogP contribution in [0, 0.1) is 30.6 Å². The number of Topliss-reactive ketones (excluding diaryl/α,β-unsaturated/α-hetero) is 4. The van der Waals surface area contributed by atoms with Gasteiger partial charge in [0.2, 0.25) is 5.91 Å². The lowest BCUT2D eigenvalue weighted by atomic mass is 9.52. The largest absolute Gasteiger partial charge is 0.505 e. The molecule has 0 saturated heterocycles. The number of rotatable bonds is 5. The van der Waals surface area contributed by atoms with E-state index in [2.05, 4.69) is 14.4 Å². The summed E-state index contributed by atoms with van der Waals surface area (Å²) in [5, 5.41) is 26.1. The second kappa shape index (κ2) is 9.04. The zero-order valence-electron chi connectivity index (χ0n) is 21.6. The number of carbonyl (C=O) groups excluding carboxylic acids is 5. The Morgan fingerprint density at radius 2 is 1.88 bits per heavy atom. The van der Waals surface area contributed by atoms with Crippen LogP contribution in [0.2, 0.25) is 0 Å². The minimum absolute atomic E-state index is 0.0528. The van der Waals surface area contributed by atoms with E-state index in [-0.39, 0.29) is 34.7 Å². The van der Waals surface area contributed by atoms with E-state index in [1.165, 1.54) is 38.1 Å². The first-order valence-corrected chi connectivity index (χ1v) is 13.7. The molecule has 3 aliphatic carbocycles. The molecule has 0 aliphatic heterocycles. The summed E-state index contributed by atoms with van der Waals surface area (Å²) in [4.78, 5) is 67.1. The number of hydrogen-bond donors (Lipinski definition) is 4. The van der Waals surface area contributed by atoms with Crippen molar-refractivity contribution in [2.24, 2.45) is 29.4 Å². The Balaban J connectivity index is 1.57. The number of aromatic nitrogens is 1. The molecule has 5 rings (SSSR count). The fourth-order valence-corrected chi connectivity index (χ4v) is 7.56. The smallest absolute Gasteiger partial charge is 0.267 e. The van der Waals surface area contributed by atoms with Gasteiger partial charge in [0, 0.05) is 5.92 Å². The van der Waals surface area contributed by atoms with Crippen LogP contribution in [0.15, 0.2) is 27.8 Å². The average molecular weight is 575 g/mol. The lowest BCUT2D eigenvalue weighted by Crippen LogP contribution is -2.74. The molecule has 1 aromatic heterocycles. The number of primary amides is 1. The third-order valence-corrected chi connectivity index (χ3v) is 9.63. The number of ketones is 4. The van der Waals surface area contributed by atoms with Crippen LogP contribution in [0.1, 0.15) is 28.0 Å². The highest BCUT2D eigenvalue weighted by Crippen LogP contribution is 2.51. The van der Waals surface area contributed by atoms with E-state index in [1.54, 1.807) is 0 Å². The quantitative estimate of drug-likeness (QED) is 0.248. The molecule has 0 radical (unpaired) electrons. The van der Waals surface area contributed by atoms with Crippen molar-refractivity contribution in [1.82, 2.24) is 10.1 Å². The highest BCUT2D eigenvalue weighted by Gasteiger charge is 2.69. The number of aliphatic hydroxyl groups is 1. The number of nitrogens with one attached hydrogen (secondary N) is 1. The van der Waals surface area contributed by atoms with Gasteiger partial charge in [-0.25, -0.2) is 8.42 Å². The SMILES string of the molecule is Cc1nocc1S(=O)(=O)Nc1ccc2c(c1O)C(=O)C1C(=O)[C@]3(O)C(=O)C(C(N)=O)C(=O)[C@@H](N(C)C)[C@@H]3C[C@@H]1C2. The predicted octanol–water partition coefficient (Wildman–Crippen LogP) is -1.04. The molecule has 3 aliphatic rings. The van der Waals surface area contributed by atoms with Crippen LogP contribution in [-0.4, -0.2) is 83.5 Å². The molecule has 1 heterocycles. The van der Waals surface area contributed by atoms with Gasteiger partial charge >= 0.3 is 0 Å². The number of hydrogen-bond acceptors (Lipinski definition) is 12. The summed E-state index contributed by atoms with van der Waals surface area (Å²) in [5.41, 5.74) is 2.13. The summed E-state index contributed by atoms with van der Waals surface area (Å²) < 4.78 is 32.4. The lowest BCUT2D eigenvalue weighted by molar-refractivity contribution is -0.181. The van der Waals surface area contributed by atoms with E-state index in [9.17, 15) is 42.6 Å². The van der Waals surface area contributed by atoms with Crippen LogP contribution in [-0.2, 0) is 35.6 Å². The molecule has 1 amide bonds. The molecule has 6 atom stereocenters. The molecule has 2 unspecified atom stereocenters. The zero-order valence-corrected chi connectivity index (χ0v) is 22.4. The van der Waals surface area contributed by atoms with Crippen LogP contribution < -0.4 is 10.5 Å². The molecule has 5 N–H and O–H groups in total. The molecule has 2 saturated carbocycles. The summed E-state index contributed by atoms with van der Waals surface area (Å²) in [6.07, 6.45) is 0.857. The molecule has 2 aromatic rings. The van der Waals surface area contributed by atoms with Gasteiger partial charge in [-0.1, -0.05) is 11.2 Å². The molecular weight excluding hydrogens is 548 g/mol. The Labute approximate surface area is 227 Å². The first-order chi connectivity index (χ1) is 18.6. The van der Waals surface area contributed by atoms with Crippen molar-refractivity contribution in [2.45, 2.75) is 36.3 Å². The van der Waals surface area contributed by atoms with E-state index in [0.717, 1.165) is 6.26 Å². The third kappa shape index (κ3) is 3.72. The first-order valence-electron chi connectivity index (χ1n) is 12.3. The molecule has 1 aromatic carbocycles. The number of sulfonamides is 1. The normalized spacial score (nSPS) is 30.1. The number of nitrogens with zero attached hydrogens (tertiary/aromatic N) is 2. The number of phenols is 1. The van der Waals surface area contributed by atoms with Gasteiger partial charge in [-0.15, -0.1) is 0 Å². The van der Waals surface area contributed by atoms with E-state index < -0.39 is 80.1 Å². The Morgan fingerprint density at radius 1 is 1.20 bits per heavy atom. The summed E-state index contributed by atoms with van der Waals surface area (Å²) >= 11 is 0. The highest BCUT2D eigenvalue weighted by molar-refractivity contribution is 7.92. The zero-order chi connectivity index (χ0) is 29.5. The van der Waals surface area contributed by atoms with E-state index in [1.807, 2.05) is 0 Å². The van der Waals surface area contributed by atoms with Gasteiger partial charge in [0.15, 0.2) is 40.4 Å². The van der Waals surface area contributed by atoms with Crippen LogP contribution in [0.3, 0.4) is 0 Å². The van der Waals surface area contributed by atoms with E-state index in [0.29, 0.717) is 5.56 Å². The molecule has 0 spiro atoms. The number of amides is 1. The standard InChI is InChI=1S/C25H26N4O10S/c1-9-14(8-39-27-9)40(37,38)28-13-5-4-10-6-11-7-12-18(29(2)3)21(32)17(24(26)35)23(34)25(12,36)22(33)16(11)20(31)15(10)19(13)30/h4-5,8,11-12,16-18,28,30,36H,6-7H2,1-3H3,(H2,26,35)/t11-,12-,16?,17?,18-,25-/m0/s1. The molecule has 40 heavy (non-hydrogen) atoms. The van der Waals surface area contributed by atoms with E-state index in [4.69, 9.17) is 5.73 Å². The van der Waals surface area contributed by atoms with Gasteiger partial charge in [0.25, 0.3) is 10.0 Å². The second-order valence-corrected chi connectivity index (χ2v) is 12.3. The molecule has 212 valence electrons. The predicted molar refractivity (Wildman–Crippen MR) is 133 cm³/mol. The van der Waals surface area contributed by atoms with Gasteiger partial charge in [-0.2, -0.15) is 0 Å². The van der Waals surface area contributed by atoms with Gasteiger partial charge in [-0.3, -0.25) is 33.6 Å². The topological polar surface area (TPSA) is 227 Å². The third-order valence-electron chi connectivity index (χ3n) is 8.17. The summed E-state index contributed by atoms with van der Waals surface area (Å²) in [6, 6.07) is 1.49. The minimum Gasteiger partial charge on any atom is -0.505 e. The van der Waals surface area contributed by atoms with Gasteiger partial charge in [0.1, 0.15) is 16.9 Å². The molecular formula is C25H26N4O10S. The first kappa shape index (κ1) is 27.6. The number of phenolic OH excluding ortho intramolecular Hbond substituents is 1. The highest BCUT2D eigenvalue weighted by atomic mass is 32.2. The fraction of sp³-hybridized carbons (Fsp3) is 0.440. The van der Waals surface area contributed by atoms with Crippen LogP contribution >= 0.6 is 0 Å². The summed E-state index contributed by atoms with van der Waals surface area (Å²) in [7, 11) is -1.28. The fourth-order valence-electron chi connectivity index (χ4n) is 6.40. The number of fused-ring (bicyclic) bond motifs is 3. The Morgan fingerprint density at radius 3 is 2.45 bits per heavy atom. The number of anilines is 1. The maximum Gasteiger partial charge on any atom is 0.267 e. The lowest BCUT2D eigenvalue weighted by Gasteiger charge is -2.52. The van der Waals surface area contributed by atoms with Crippen molar-refractivity contribution < 1.29 is 47.1 Å². The van der Waals surface area contributed by atoms with Gasteiger partial charge in [-0.05, 0) is 51.4 Å². The Kier molecular flexibility index (Phi) is 6.24. The van der Waals surface area contributed by atoms with E-state index >= 15 is 0 Å². The number of likely N-dealkylation sites (N-methyl/N-ethyl adjacent to an activating group) is 1. The maximum atomic E-state index is 13.8. The van der Waals surface area contributed by atoms with Crippen molar-refractivity contribution in [1.29, 1.82) is 0 Å². The average Bonchev–Trinajstić information content (AvgIpc) is 3.29. The Hall–Kier alpha value is -3.95. The number of carbonyl (C=O) groups is 5. The molecule has 0 bridgehead atoms. The Bertz CT molecular complexity index is 1610. The minimum atomic E-state index is -4.28. The van der Waals surface area contributed by atoms with Crippen LogP contribution in [0.5, 0.6) is 5.75 Å². The van der Waals surface area contributed by atoms with Crippen molar-refractivity contribution >= 4 is 44.8 Å². The van der Waals surface area contributed by atoms with Crippen LogP contribution in [0.25, 0.3) is 0 Å². The summed E-state index contributed by atoms with van der Waals surface area (Å²) in [6.45, 7) is 1.39. The molecule has 15 heteroatoms. The van der Waals surface area contributed by atoms with Crippen molar-refractivity contribution in [3.63, 3.8) is 0 Å². The monoisotopic (exact) mass is 574 g/mol. The van der Waals surface area contributed by atoms with Gasteiger partial charge < -0.3 is 20.5 Å². The van der Waals surface area contributed by atoms with Crippen molar-refractivity contribution in [3.8, 4) is 5.75 Å². The van der Waals surface area contributed by atoms with Crippen molar-refractivity contribution in [3.05, 3.63) is 35.2 Å². The molecule has 2 fully saturated rings. The summed E-state index contributed by atoms with van der Waals surface area (Å²) in [5.74, 6) is -12.0. The van der Waals surface area contributed by atoms with Crippen LogP contribution in [0.4, 0.5) is 5.69 Å². The molecule has 14 nitrogen and oxygen atoms in total. The second-order valence-electron chi connectivity index (χ2n) is 10.7. The number of aryl methyl sites for hydroxylation is 1. The van der Waals surface area contributed by atoms with Crippen molar-refractivity contribution in [2.75, 3.05) is 18.8 Å². The number of nitrogens with two attached hydrogens (primary N) is 1. The number of benzene rings is 1. The number of aromatic hydroxyl groups is 1. The van der Waals surface area contributed by atoms with Gasteiger partial charge in [0.05, 0.1) is 23.2 Å².